The van der Waals surface area contributed by atoms with Crippen LogP contribution in [0.2, 0.25) is 5.15 Å². The van der Waals surface area contributed by atoms with Gasteiger partial charge in [-0.25, -0.2) is 9.97 Å². The van der Waals surface area contributed by atoms with Gasteiger partial charge in [0.2, 0.25) is 0 Å². The zero-order chi connectivity index (χ0) is 16.0. The highest BCUT2D eigenvalue weighted by Gasteiger charge is 2.20. The molecule has 116 valence electrons. The highest BCUT2D eigenvalue weighted by Crippen LogP contribution is 2.29. The van der Waals surface area contributed by atoms with E-state index in [1.807, 2.05) is 52.2 Å². The first kappa shape index (κ1) is 17.5. The van der Waals surface area contributed by atoms with E-state index in [1.54, 1.807) is 6.07 Å². The molecule has 4 nitrogen and oxygen atoms in total. The second kappa shape index (κ2) is 8.03. The van der Waals surface area contributed by atoms with Crippen molar-refractivity contribution in [1.29, 1.82) is 0 Å². The van der Waals surface area contributed by atoms with Crippen molar-refractivity contribution in [3.8, 4) is 11.6 Å². The summed E-state index contributed by atoms with van der Waals surface area (Å²) < 4.78 is 7.69. The summed E-state index contributed by atoms with van der Waals surface area (Å²) in [6.07, 6.45) is 0.780. The van der Waals surface area contributed by atoms with E-state index in [0.717, 1.165) is 35.2 Å². The van der Waals surface area contributed by atoms with Gasteiger partial charge in [0.15, 0.2) is 11.6 Å². The SMILES string of the molecule is CC.CC.Cc1nc2n(c1C)-c1nc(Cl)ccc1OCC2. The van der Waals surface area contributed by atoms with Crippen LogP contribution in [-0.2, 0) is 6.42 Å². The molecule has 2 aromatic heterocycles. The fourth-order valence-corrected chi connectivity index (χ4v) is 2.21. The predicted molar refractivity (Wildman–Crippen MR) is 87.7 cm³/mol. The third-order valence-electron chi connectivity index (χ3n) is 3.01. The van der Waals surface area contributed by atoms with Gasteiger partial charge in [0.1, 0.15) is 11.0 Å². The van der Waals surface area contributed by atoms with Crippen LogP contribution >= 0.6 is 11.6 Å². The summed E-state index contributed by atoms with van der Waals surface area (Å²) in [5, 5.41) is 0.464. The van der Waals surface area contributed by atoms with E-state index in [4.69, 9.17) is 16.3 Å². The normalized spacial score (nSPS) is 11.6. The molecule has 0 atom stereocenters. The number of ether oxygens (including phenoxy) is 1. The molecule has 0 bridgehead atoms. The molecule has 0 N–H and O–H groups in total. The fraction of sp³-hybridized carbons (Fsp3) is 0.500. The first-order chi connectivity index (χ1) is 10.2. The van der Waals surface area contributed by atoms with Crippen LogP contribution < -0.4 is 4.74 Å². The Morgan fingerprint density at radius 3 is 2.43 bits per heavy atom. The minimum atomic E-state index is 0.464. The number of hydrogen-bond donors (Lipinski definition) is 0. The number of hydrogen-bond acceptors (Lipinski definition) is 3. The van der Waals surface area contributed by atoms with E-state index in [-0.39, 0.29) is 0 Å². The largest absolute Gasteiger partial charge is 0.489 e. The van der Waals surface area contributed by atoms with Crippen molar-refractivity contribution in [2.45, 2.75) is 48.0 Å². The lowest BCUT2D eigenvalue weighted by atomic mass is 10.3. The van der Waals surface area contributed by atoms with Crippen molar-refractivity contribution < 1.29 is 4.74 Å². The molecule has 1 aliphatic heterocycles. The van der Waals surface area contributed by atoms with Crippen LogP contribution in [0.4, 0.5) is 0 Å². The van der Waals surface area contributed by atoms with Gasteiger partial charge in [-0.1, -0.05) is 39.3 Å². The first-order valence-corrected chi connectivity index (χ1v) is 7.89. The number of aryl methyl sites for hydroxylation is 1. The molecule has 0 aliphatic carbocycles. The zero-order valence-corrected chi connectivity index (χ0v) is 14.5. The summed E-state index contributed by atoms with van der Waals surface area (Å²) in [5.74, 6) is 2.48. The van der Waals surface area contributed by atoms with Gasteiger partial charge in [0.05, 0.1) is 12.3 Å². The van der Waals surface area contributed by atoms with E-state index in [1.165, 1.54) is 0 Å². The maximum absolute atomic E-state index is 5.96. The quantitative estimate of drug-likeness (QED) is 0.671. The number of pyridine rings is 1. The maximum Gasteiger partial charge on any atom is 0.182 e. The fourth-order valence-electron chi connectivity index (χ4n) is 2.07. The van der Waals surface area contributed by atoms with Crippen LogP contribution in [0.3, 0.4) is 0 Å². The Balaban J connectivity index is 0.000000510. The molecule has 0 aromatic carbocycles. The third-order valence-corrected chi connectivity index (χ3v) is 3.22. The minimum absolute atomic E-state index is 0.464. The van der Waals surface area contributed by atoms with Gasteiger partial charge in [-0.05, 0) is 26.0 Å². The van der Waals surface area contributed by atoms with Gasteiger partial charge in [-0.2, -0.15) is 0 Å². The summed E-state index contributed by atoms with van der Waals surface area (Å²) >= 11 is 5.96. The molecule has 0 saturated carbocycles. The summed E-state index contributed by atoms with van der Waals surface area (Å²) in [5.41, 5.74) is 2.11. The number of rotatable bonds is 0. The van der Waals surface area contributed by atoms with Crippen molar-refractivity contribution >= 4 is 11.6 Å². The van der Waals surface area contributed by atoms with Crippen molar-refractivity contribution in [2.24, 2.45) is 0 Å². The molecule has 0 saturated heterocycles. The Morgan fingerprint density at radius 1 is 1.10 bits per heavy atom. The lowest BCUT2D eigenvalue weighted by molar-refractivity contribution is 0.324. The number of fused-ring (bicyclic) bond motifs is 3. The van der Waals surface area contributed by atoms with Gasteiger partial charge in [-0.3, -0.25) is 4.57 Å². The Hall–Kier alpha value is -1.55. The standard InChI is InChI=1S/C12H12ClN3O.2C2H6/c1-7-8(2)16-11(14-7)5-6-17-9-3-4-10(13)15-12(9)16;2*1-2/h3-4H,5-6H2,1-2H3;2*1-2H3. The zero-order valence-electron chi connectivity index (χ0n) is 13.7. The number of aromatic nitrogens is 3. The summed E-state index contributed by atoms with van der Waals surface area (Å²) in [6, 6.07) is 3.60. The molecule has 0 spiro atoms. The van der Waals surface area contributed by atoms with Crippen LogP contribution in [-0.4, -0.2) is 21.1 Å². The highest BCUT2D eigenvalue weighted by molar-refractivity contribution is 6.29. The van der Waals surface area contributed by atoms with Gasteiger partial charge < -0.3 is 4.74 Å². The molecule has 21 heavy (non-hydrogen) atoms. The summed E-state index contributed by atoms with van der Waals surface area (Å²) in [6.45, 7) is 12.7. The van der Waals surface area contributed by atoms with E-state index >= 15 is 0 Å². The molecular weight excluding hydrogens is 286 g/mol. The van der Waals surface area contributed by atoms with E-state index < -0.39 is 0 Å². The lowest BCUT2D eigenvalue weighted by Gasteiger charge is -2.09. The van der Waals surface area contributed by atoms with Crippen molar-refractivity contribution in [1.82, 2.24) is 14.5 Å². The Labute approximate surface area is 132 Å². The molecule has 2 aromatic rings. The summed E-state index contributed by atoms with van der Waals surface area (Å²) in [4.78, 5) is 8.89. The predicted octanol–water partition coefficient (Wildman–Crippen LogP) is 4.52. The summed E-state index contributed by atoms with van der Waals surface area (Å²) in [7, 11) is 0. The van der Waals surface area contributed by atoms with Crippen LogP contribution in [0.25, 0.3) is 5.82 Å². The smallest absolute Gasteiger partial charge is 0.182 e. The maximum atomic E-state index is 5.96. The molecule has 5 heteroatoms. The van der Waals surface area contributed by atoms with E-state index in [2.05, 4.69) is 9.97 Å². The second-order valence-corrected chi connectivity index (χ2v) is 4.48. The Kier molecular flexibility index (Phi) is 6.69. The van der Waals surface area contributed by atoms with E-state index in [0.29, 0.717) is 11.8 Å². The molecule has 0 unspecified atom stereocenters. The van der Waals surface area contributed by atoms with Gasteiger partial charge >= 0.3 is 0 Å². The molecule has 3 heterocycles. The van der Waals surface area contributed by atoms with Crippen molar-refractivity contribution in [3.63, 3.8) is 0 Å². The molecular formula is C16H24ClN3O. The average Bonchev–Trinajstić information content (AvgIpc) is 2.69. The first-order valence-electron chi connectivity index (χ1n) is 7.51. The van der Waals surface area contributed by atoms with Gasteiger partial charge in [-0.15, -0.1) is 0 Å². The van der Waals surface area contributed by atoms with Crippen LogP contribution in [0.15, 0.2) is 12.1 Å². The molecule has 3 rings (SSSR count). The van der Waals surface area contributed by atoms with Crippen LogP contribution in [0.1, 0.15) is 44.9 Å². The second-order valence-electron chi connectivity index (χ2n) is 4.09. The topological polar surface area (TPSA) is 39.9 Å². The molecule has 0 radical (unpaired) electrons. The number of halogens is 1. The molecule has 0 fully saturated rings. The lowest BCUT2D eigenvalue weighted by Crippen LogP contribution is -2.03. The van der Waals surface area contributed by atoms with Crippen molar-refractivity contribution in [2.75, 3.05) is 6.61 Å². The number of nitrogens with zero attached hydrogens (tertiary/aromatic N) is 3. The van der Waals surface area contributed by atoms with Crippen molar-refractivity contribution in [3.05, 3.63) is 34.5 Å². The third kappa shape index (κ3) is 3.56. The number of imidazole rings is 1. The minimum Gasteiger partial charge on any atom is -0.489 e. The van der Waals surface area contributed by atoms with Crippen LogP contribution in [0.5, 0.6) is 5.75 Å². The Bertz CT molecular complexity index is 593. The highest BCUT2D eigenvalue weighted by atomic mass is 35.5. The molecule has 1 aliphatic rings. The Morgan fingerprint density at radius 2 is 1.76 bits per heavy atom. The van der Waals surface area contributed by atoms with Crippen LogP contribution in [0, 0.1) is 13.8 Å². The average molecular weight is 310 g/mol. The van der Waals surface area contributed by atoms with Gasteiger partial charge in [0.25, 0.3) is 0 Å². The van der Waals surface area contributed by atoms with Gasteiger partial charge in [0, 0.05) is 12.1 Å². The monoisotopic (exact) mass is 309 g/mol. The van der Waals surface area contributed by atoms with E-state index in [9.17, 15) is 0 Å². The molecule has 0 amide bonds.